The van der Waals surface area contributed by atoms with Crippen LogP contribution in [-0.4, -0.2) is 70.1 Å². The Morgan fingerprint density at radius 1 is 0.865 bits per heavy atom. The van der Waals surface area contributed by atoms with Crippen molar-refractivity contribution in [1.29, 1.82) is 0 Å². The number of aromatic amines is 1. The van der Waals surface area contributed by atoms with Crippen molar-refractivity contribution in [2.45, 2.75) is 82.8 Å². The van der Waals surface area contributed by atoms with Gasteiger partial charge in [-0.3, -0.25) is 14.4 Å². The minimum absolute atomic E-state index is 0. The SMILES string of the molecule is CNC1CCC(NC(=O)c2ccc(-c3ccc(C[C@H](NC(=O)C4CCC(CN)CC4)C(=O)Nc4ccc(-c5nn[nH]n5)cc4)cc3)c(C)c2)CC1.Cl. The molecule has 3 amide bonds. The van der Waals surface area contributed by atoms with Crippen molar-refractivity contribution in [1.82, 2.24) is 36.6 Å². The van der Waals surface area contributed by atoms with Crippen LogP contribution in [0.5, 0.6) is 0 Å². The fourth-order valence-corrected chi connectivity index (χ4v) is 7.36. The molecule has 0 saturated heterocycles. The van der Waals surface area contributed by atoms with Gasteiger partial charge >= 0.3 is 0 Å². The summed E-state index contributed by atoms with van der Waals surface area (Å²) < 4.78 is 0. The second-order valence-electron chi connectivity index (χ2n) is 14.1. The second-order valence-corrected chi connectivity index (χ2v) is 14.1. The van der Waals surface area contributed by atoms with Gasteiger partial charge in [-0.15, -0.1) is 22.6 Å². The summed E-state index contributed by atoms with van der Waals surface area (Å²) in [5.41, 5.74) is 11.9. The van der Waals surface area contributed by atoms with Crippen LogP contribution in [-0.2, 0) is 16.0 Å². The molecule has 2 aliphatic rings. The first-order chi connectivity index (χ1) is 24.8. The predicted octanol–water partition coefficient (Wildman–Crippen LogP) is 4.96. The summed E-state index contributed by atoms with van der Waals surface area (Å²) in [6.45, 7) is 2.65. The number of nitrogens with zero attached hydrogens (tertiary/aromatic N) is 3. The molecule has 1 atom stereocenters. The number of carbonyl (C=O) groups excluding carboxylic acids is 3. The summed E-state index contributed by atoms with van der Waals surface area (Å²) in [6.07, 6.45) is 7.81. The molecule has 0 bridgehead atoms. The highest BCUT2D eigenvalue weighted by atomic mass is 35.5. The molecule has 6 rings (SSSR count). The first-order valence-electron chi connectivity index (χ1n) is 18.1. The van der Waals surface area contributed by atoms with Gasteiger partial charge in [-0.05, 0) is 142 Å². The average Bonchev–Trinajstić information content (AvgIpc) is 3.71. The Kier molecular flexibility index (Phi) is 13.5. The number of halogens is 1. The topological polar surface area (TPSA) is 180 Å². The third-order valence-electron chi connectivity index (χ3n) is 10.6. The van der Waals surface area contributed by atoms with Crippen molar-refractivity contribution in [3.05, 3.63) is 83.4 Å². The van der Waals surface area contributed by atoms with Crippen LogP contribution in [0, 0.1) is 18.8 Å². The first kappa shape index (κ1) is 38.6. The number of rotatable bonds is 12. The number of tetrazole rings is 1. The zero-order chi connectivity index (χ0) is 35.7. The van der Waals surface area contributed by atoms with Crippen LogP contribution in [0.25, 0.3) is 22.5 Å². The molecule has 12 nitrogen and oxygen atoms in total. The standard InChI is InChI=1S/C39H49N9O3.ClH/c1-24-21-30(38(50)42-33-18-16-31(41-2)17-19-33)13-20-34(24)27-7-3-25(4-8-27)22-35(44-37(49)29-9-5-26(23-40)6-10-29)39(51)43-32-14-11-28(12-15-32)36-45-47-48-46-36;/h3-4,7-8,11-15,20-21,26,29,31,33,35,41H,5-6,9-10,16-19,22-23,40H2,1-2H3,(H,42,50)(H,43,51)(H,44,49)(H,45,46,47,48);1H/t26?,29?,31?,33?,35-;/m0./s1. The minimum Gasteiger partial charge on any atom is -0.349 e. The molecule has 2 aliphatic carbocycles. The molecule has 276 valence electrons. The van der Waals surface area contributed by atoms with E-state index in [9.17, 15) is 14.4 Å². The van der Waals surface area contributed by atoms with Gasteiger partial charge in [0.2, 0.25) is 17.6 Å². The van der Waals surface area contributed by atoms with Crippen molar-refractivity contribution in [2.75, 3.05) is 18.9 Å². The van der Waals surface area contributed by atoms with Crippen LogP contribution >= 0.6 is 12.4 Å². The Bertz CT molecular complexity index is 1770. The Morgan fingerprint density at radius 3 is 2.15 bits per heavy atom. The maximum Gasteiger partial charge on any atom is 0.251 e. The van der Waals surface area contributed by atoms with E-state index in [-0.39, 0.29) is 42.1 Å². The number of carbonyl (C=O) groups is 3. The number of nitrogens with one attached hydrogen (secondary N) is 5. The van der Waals surface area contributed by atoms with Gasteiger partial charge in [0, 0.05) is 41.2 Å². The number of aryl methyl sites for hydroxylation is 1. The molecule has 4 aromatic rings. The van der Waals surface area contributed by atoms with Crippen molar-refractivity contribution in [3.8, 4) is 22.5 Å². The highest BCUT2D eigenvalue weighted by molar-refractivity contribution is 5.98. The lowest BCUT2D eigenvalue weighted by atomic mass is 9.81. The quantitative estimate of drug-likeness (QED) is 0.119. The number of amides is 3. The van der Waals surface area contributed by atoms with Crippen molar-refractivity contribution < 1.29 is 14.4 Å². The number of hydrogen-bond donors (Lipinski definition) is 6. The molecule has 52 heavy (non-hydrogen) atoms. The monoisotopic (exact) mass is 727 g/mol. The lowest BCUT2D eigenvalue weighted by Crippen LogP contribution is -2.48. The van der Waals surface area contributed by atoms with Crippen molar-refractivity contribution >= 4 is 35.8 Å². The molecule has 0 unspecified atom stereocenters. The van der Waals surface area contributed by atoms with Gasteiger partial charge in [-0.25, -0.2) is 0 Å². The first-order valence-corrected chi connectivity index (χ1v) is 18.1. The zero-order valence-electron chi connectivity index (χ0n) is 29.9. The number of nitrogens with two attached hydrogens (primary N) is 1. The van der Waals surface area contributed by atoms with E-state index >= 15 is 0 Å². The fraction of sp³-hybridized carbons (Fsp3) is 0.436. The molecule has 13 heteroatoms. The average molecular weight is 728 g/mol. The predicted molar refractivity (Wildman–Crippen MR) is 205 cm³/mol. The number of aromatic nitrogens is 4. The van der Waals surface area contributed by atoms with Gasteiger partial charge in [0.05, 0.1) is 0 Å². The van der Waals surface area contributed by atoms with Crippen LogP contribution < -0.4 is 27.0 Å². The molecule has 1 heterocycles. The molecule has 0 aliphatic heterocycles. The summed E-state index contributed by atoms with van der Waals surface area (Å²) in [5.74, 6) is 0.346. The molecule has 2 fully saturated rings. The Morgan fingerprint density at radius 2 is 1.54 bits per heavy atom. The number of anilines is 1. The summed E-state index contributed by atoms with van der Waals surface area (Å²) in [5, 5.41) is 26.6. The van der Waals surface area contributed by atoms with E-state index in [0.29, 0.717) is 42.0 Å². The van der Waals surface area contributed by atoms with Crippen LogP contribution in [0.4, 0.5) is 5.69 Å². The Labute approximate surface area is 311 Å². The van der Waals surface area contributed by atoms with E-state index in [0.717, 1.165) is 79.2 Å². The molecular weight excluding hydrogens is 678 g/mol. The van der Waals surface area contributed by atoms with E-state index in [2.05, 4.69) is 41.9 Å². The number of hydrogen-bond acceptors (Lipinski definition) is 8. The van der Waals surface area contributed by atoms with Crippen LogP contribution in [0.15, 0.2) is 66.7 Å². The fourth-order valence-electron chi connectivity index (χ4n) is 7.36. The van der Waals surface area contributed by atoms with E-state index in [1.54, 1.807) is 24.3 Å². The highest BCUT2D eigenvalue weighted by Crippen LogP contribution is 2.29. The molecule has 0 spiro atoms. The Hall–Kier alpha value is -4.65. The van der Waals surface area contributed by atoms with E-state index in [1.165, 1.54) is 0 Å². The smallest absolute Gasteiger partial charge is 0.251 e. The molecular formula is C39H50ClN9O3. The molecule has 3 aromatic carbocycles. The van der Waals surface area contributed by atoms with Gasteiger partial charge in [0.1, 0.15) is 6.04 Å². The normalized spacial score (nSPS) is 20.6. The lowest BCUT2D eigenvalue weighted by molar-refractivity contribution is -0.130. The zero-order valence-corrected chi connectivity index (χ0v) is 30.7. The van der Waals surface area contributed by atoms with E-state index in [4.69, 9.17) is 5.73 Å². The summed E-state index contributed by atoms with van der Waals surface area (Å²) in [4.78, 5) is 40.2. The molecule has 7 N–H and O–H groups in total. The Balaban J connectivity index is 0.00000523. The summed E-state index contributed by atoms with van der Waals surface area (Å²) >= 11 is 0. The number of benzene rings is 3. The third-order valence-corrected chi connectivity index (χ3v) is 10.6. The maximum atomic E-state index is 13.7. The molecule has 2 saturated carbocycles. The maximum absolute atomic E-state index is 13.7. The molecule has 1 aromatic heterocycles. The summed E-state index contributed by atoms with van der Waals surface area (Å²) in [7, 11) is 2.00. The molecule has 0 radical (unpaired) electrons. The third kappa shape index (κ3) is 9.81. The van der Waals surface area contributed by atoms with Crippen molar-refractivity contribution in [3.63, 3.8) is 0 Å². The lowest BCUT2D eigenvalue weighted by Gasteiger charge is -2.28. The van der Waals surface area contributed by atoms with Gasteiger partial charge < -0.3 is 27.0 Å². The van der Waals surface area contributed by atoms with Gasteiger partial charge in [0.15, 0.2) is 0 Å². The van der Waals surface area contributed by atoms with Crippen LogP contribution in [0.2, 0.25) is 0 Å². The van der Waals surface area contributed by atoms with E-state index < -0.39 is 6.04 Å². The van der Waals surface area contributed by atoms with Gasteiger partial charge in [-0.1, -0.05) is 30.3 Å². The van der Waals surface area contributed by atoms with E-state index in [1.807, 2.05) is 56.4 Å². The second kappa shape index (κ2) is 18.2. The highest BCUT2D eigenvalue weighted by Gasteiger charge is 2.29. The van der Waals surface area contributed by atoms with Gasteiger partial charge in [0.25, 0.3) is 5.91 Å². The van der Waals surface area contributed by atoms with Crippen molar-refractivity contribution in [2.24, 2.45) is 17.6 Å². The minimum atomic E-state index is -0.778. The number of H-pyrrole nitrogens is 1. The van der Waals surface area contributed by atoms with Crippen LogP contribution in [0.1, 0.15) is 72.9 Å². The largest absolute Gasteiger partial charge is 0.349 e. The summed E-state index contributed by atoms with van der Waals surface area (Å²) in [6, 6.07) is 21.0. The van der Waals surface area contributed by atoms with Crippen LogP contribution in [0.3, 0.4) is 0 Å². The van der Waals surface area contributed by atoms with Gasteiger partial charge in [-0.2, -0.15) is 5.21 Å².